The molecule has 1 N–H and O–H groups in total. The second-order valence-electron chi connectivity index (χ2n) is 7.66. The summed E-state index contributed by atoms with van der Waals surface area (Å²) in [4.78, 5) is 17.1. The minimum atomic E-state index is -1.03. The van der Waals surface area contributed by atoms with Gasteiger partial charge in [-0.1, -0.05) is 66.2 Å². The highest BCUT2D eigenvalue weighted by atomic mass is 32.2. The van der Waals surface area contributed by atoms with Gasteiger partial charge in [-0.3, -0.25) is 0 Å². The molecule has 166 valence electrons. The lowest BCUT2D eigenvalue weighted by Gasteiger charge is -2.26. The molecule has 0 saturated carbocycles. The number of aliphatic carboxylic acids is 1. The molecule has 0 spiro atoms. The fraction of sp³-hybridized carbons (Fsp3) is 0.154. The molecule has 5 rings (SSSR count). The molecule has 1 aliphatic heterocycles. The van der Waals surface area contributed by atoms with Crippen LogP contribution in [0, 0.1) is 6.92 Å². The normalized spacial score (nSPS) is 14.2. The average Bonchev–Trinajstić information content (AvgIpc) is 3.28. The van der Waals surface area contributed by atoms with Crippen LogP contribution < -0.4 is 9.47 Å². The molecule has 1 aliphatic rings. The van der Waals surface area contributed by atoms with Crippen molar-refractivity contribution in [2.24, 2.45) is 0 Å². The van der Waals surface area contributed by atoms with Crippen molar-refractivity contribution in [2.45, 2.75) is 18.1 Å². The number of fused-ring (bicyclic) bond motifs is 3. The maximum Gasteiger partial charge on any atom is 0.341 e. The number of thioether (sulfide) groups is 1. The molecule has 1 unspecified atom stereocenters. The quantitative estimate of drug-likeness (QED) is 0.326. The number of aromatic nitrogens is 1. The van der Waals surface area contributed by atoms with E-state index < -0.39 is 12.6 Å². The first-order valence-corrected chi connectivity index (χ1v) is 12.3. The molecule has 2 heterocycles. The third-order valence-electron chi connectivity index (χ3n) is 5.22. The predicted molar refractivity (Wildman–Crippen MR) is 132 cm³/mol. The smallest absolute Gasteiger partial charge is 0.341 e. The van der Waals surface area contributed by atoms with Gasteiger partial charge in [0.15, 0.2) is 23.5 Å². The fourth-order valence-corrected chi connectivity index (χ4v) is 5.91. The van der Waals surface area contributed by atoms with Crippen LogP contribution in [-0.4, -0.2) is 22.7 Å². The minimum Gasteiger partial charge on any atom is -0.479 e. The van der Waals surface area contributed by atoms with Crippen molar-refractivity contribution in [1.82, 2.24) is 4.98 Å². The molecule has 0 saturated heterocycles. The standard InChI is InChI=1S/C26H21NO4S2/c1-16-10-12-18(13-11-16)25-27-22-19-8-5-9-20(30-14-21(28)29)23(19)31-26(24(22)33-25)32-15-17-6-3-2-4-7-17/h2-13,26H,14-15H2,1H3,(H,28,29). The van der Waals surface area contributed by atoms with E-state index in [-0.39, 0.29) is 5.44 Å². The summed E-state index contributed by atoms with van der Waals surface area (Å²) in [7, 11) is 0. The molecule has 33 heavy (non-hydrogen) atoms. The zero-order chi connectivity index (χ0) is 22.8. The van der Waals surface area contributed by atoms with Crippen LogP contribution in [0.15, 0.2) is 72.8 Å². The van der Waals surface area contributed by atoms with Crippen molar-refractivity contribution < 1.29 is 19.4 Å². The highest BCUT2D eigenvalue weighted by molar-refractivity contribution is 7.98. The number of para-hydroxylation sites is 1. The summed E-state index contributed by atoms with van der Waals surface area (Å²) in [6, 6.07) is 24.1. The molecular formula is C26H21NO4S2. The largest absolute Gasteiger partial charge is 0.479 e. The third kappa shape index (κ3) is 4.60. The highest BCUT2D eigenvalue weighted by Gasteiger charge is 2.33. The van der Waals surface area contributed by atoms with E-state index >= 15 is 0 Å². The van der Waals surface area contributed by atoms with Crippen molar-refractivity contribution in [1.29, 1.82) is 0 Å². The van der Waals surface area contributed by atoms with Crippen molar-refractivity contribution in [3.05, 3.63) is 88.8 Å². The average molecular weight is 476 g/mol. The molecule has 3 aromatic carbocycles. The number of ether oxygens (including phenoxy) is 2. The van der Waals surface area contributed by atoms with Crippen molar-refractivity contribution >= 4 is 29.1 Å². The maximum absolute atomic E-state index is 11.1. The second kappa shape index (κ2) is 9.29. The first-order valence-electron chi connectivity index (χ1n) is 10.5. The van der Waals surface area contributed by atoms with Crippen LogP contribution in [0.3, 0.4) is 0 Å². The summed E-state index contributed by atoms with van der Waals surface area (Å²) in [6.45, 7) is 1.63. The number of carboxylic acids is 1. The molecule has 1 aromatic heterocycles. The van der Waals surface area contributed by atoms with Gasteiger partial charge in [-0.2, -0.15) is 0 Å². The Kier molecular flexibility index (Phi) is 6.07. The predicted octanol–water partition coefficient (Wildman–Crippen LogP) is 6.57. The molecule has 0 fully saturated rings. The molecular weight excluding hydrogens is 454 g/mol. The van der Waals surface area contributed by atoms with E-state index in [2.05, 4.69) is 43.3 Å². The van der Waals surface area contributed by atoms with Crippen molar-refractivity contribution in [2.75, 3.05) is 6.61 Å². The van der Waals surface area contributed by atoms with Gasteiger partial charge >= 0.3 is 5.97 Å². The molecule has 4 aromatic rings. The zero-order valence-electron chi connectivity index (χ0n) is 17.9. The number of rotatable bonds is 7. The summed E-state index contributed by atoms with van der Waals surface area (Å²) in [5.74, 6) is 0.693. The number of nitrogens with zero attached hydrogens (tertiary/aromatic N) is 1. The molecule has 5 nitrogen and oxygen atoms in total. The van der Waals surface area contributed by atoms with Crippen LogP contribution in [-0.2, 0) is 10.5 Å². The number of benzene rings is 3. The molecule has 7 heteroatoms. The fourth-order valence-electron chi connectivity index (χ4n) is 3.60. The monoisotopic (exact) mass is 475 g/mol. The van der Waals surface area contributed by atoms with Crippen molar-refractivity contribution in [3.63, 3.8) is 0 Å². The molecule has 0 bridgehead atoms. The van der Waals surface area contributed by atoms with Crippen LogP contribution in [0.25, 0.3) is 21.8 Å². The Morgan fingerprint density at radius 1 is 1.09 bits per heavy atom. The van der Waals surface area contributed by atoms with Gasteiger partial charge in [0.2, 0.25) is 0 Å². The molecule has 1 atom stereocenters. The number of thiazole rings is 1. The summed E-state index contributed by atoms with van der Waals surface area (Å²) in [5, 5.41) is 10.00. The number of hydrogen-bond donors (Lipinski definition) is 1. The van der Waals surface area contributed by atoms with Gasteiger partial charge in [-0.05, 0) is 24.6 Å². The van der Waals surface area contributed by atoms with E-state index in [0.29, 0.717) is 11.5 Å². The zero-order valence-corrected chi connectivity index (χ0v) is 19.5. The lowest BCUT2D eigenvalue weighted by molar-refractivity contribution is -0.139. The van der Waals surface area contributed by atoms with Gasteiger partial charge in [-0.15, -0.1) is 23.1 Å². The number of aryl methyl sites for hydroxylation is 1. The second-order valence-corrected chi connectivity index (χ2v) is 9.74. The van der Waals surface area contributed by atoms with Gasteiger partial charge in [0.25, 0.3) is 0 Å². The molecule has 0 radical (unpaired) electrons. The number of carboxylic acid groups (broad SMARTS) is 1. The van der Waals surface area contributed by atoms with Crippen LogP contribution in [0.2, 0.25) is 0 Å². The van der Waals surface area contributed by atoms with Gasteiger partial charge in [0.05, 0.1) is 10.6 Å². The molecule has 0 amide bonds. The SMILES string of the molecule is Cc1ccc(-c2nc3c(s2)C(SCc2ccccc2)Oc2c(OCC(=O)O)cccc2-3)cc1. The van der Waals surface area contributed by atoms with Gasteiger partial charge < -0.3 is 14.6 Å². The third-order valence-corrected chi connectivity index (χ3v) is 7.65. The van der Waals surface area contributed by atoms with E-state index in [1.807, 2.05) is 30.3 Å². The topological polar surface area (TPSA) is 68.7 Å². The Hall–Kier alpha value is -3.29. The van der Waals surface area contributed by atoms with Crippen molar-refractivity contribution in [3.8, 4) is 33.3 Å². The Morgan fingerprint density at radius 2 is 1.88 bits per heavy atom. The maximum atomic E-state index is 11.1. The first kappa shape index (κ1) is 21.6. The van der Waals surface area contributed by atoms with Crippen LogP contribution in [0.4, 0.5) is 0 Å². The van der Waals surface area contributed by atoms with Gasteiger partial charge in [-0.25, -0.2) is 9.78 Å². The summed E-state index contributed by atoms with van der Waals surface area (Å²) < 4.78 is 12.0. The number of hydrogen-bond acceptors (Lipinski definition) is 6. The minimum absolute atomic E-state index is 0.279. The van der Waals surface area contributed by atoms with Gasteiger partial charge in [0, 0.05) is 16.9 Å². The van der Waals surface area contributed by atoms with E-state index in [4.69, 9.17) is 19.6 Å². The van der Waals surface area contributed by atoms with E-state index in [9.17, 15) is 4.79 Å². The Labute approximate surface area is 200 Å². The first-order chi connectivity index (χ1) is 16.1. The van der Waals surface area contributed by atoms with E-state index in [1.54, 1.807) is 29.2 Å². The highest BCUT2D eigenvalue weighted by Crippen LogP contribution is 2.53. The number of carbonyl (C=O) groups is 1. The van der Waals surface area contributed by atoms with Crippen LogP contribution in [0.1, 0.15) is 21.4 Å². The van der Waals surface area contributed by atoms with Crippen LogP contribution >= 0.6 is 23.1 Å². The van der Waals surface area contributed by atoms with E-state index in [1.165, 1.54) is 11.1 Å². The Morgan fingerprint density at radius 3 is 2.64 bits per heavy atom. The lowest BCUT2D eigenvalue weighted by Crippen LogP contribution is -2.14. The Balaban J connectivity index is 1.54. The van der Waals surface area contributed by atoms with E-state index in [0.717, 1.165) is 32.5 Å². The summed E-state index contributed by atoms with van der Waals surface area (Å²) >= 11 is 3.31. The summed E-state index contributed by atoms with van der Waals surface area (Å²) in [6.07, 6.45) is 0. The van der Waals surface area contributed by atoms with Gasteiger partial charge in [0.1, 0.15) is 5.01 Å². The lowest BCUT2D eigenvalue weighted by atomic mass is 10.1. The summed E-state index contributed by atoms with van der Waals surface area (Å²) in [5.41, 5.74) is 4.87. The Bertz CT molecular complexity index is 1290. The molecule has 0 aliphatic carbocycles. The van der Waals surface area contributed by atoms with Crippen LogP contribution in [0.5, 0.6) is 11.5 Å².